The van der Waals surface area contributed by atoms with Gasteiger partial charge in [-0.1, -0.05) is 0 Å². The monoisotopic (exact) mass is 344 g/mol. The fourth-order valence-corrected chi connectivity index (χ4v) is 3.90. The molecule has 2 saturated heterocycles. The number of hydrogen-bond donors (Lipinski definition) is 1. The number of nitrogens with zero attached hydrogens (tertiary/aromatic N) is 3. The lowest BCUT2D eigenvalue weighted by Crippen LogP contribution is -2.47. The molecule has 132 valence electrons. The number of nitrogens with one attached hydrogen (secondary N) is 1. The number of fused-ring (bicyclic) bond motifs is 1. The van der Waals surface area contributed by atoms with E-state index in [-0.39, 0.29) is 23.8 Å². The zero-order valence-electron chi connectivity index (χ0n) is 13.9. The Morgan fingerprint density at radius 1 is 1.32 bits per heavy atom. The van der Waals surface area contributed by atoms with Gasteiger partial charge in [-0.15, -0.1) is 0 Å². The average molecular weight is 344 g/mol. The van der Waals surface area contributed by atoms with E-state index < -0.39 is 6.67 Å². The zero-order valence-corrected chi connectivity index (χ0v) is 13.9. The lowest BCUT2D eigenvalue weighted by Gasteiger charge is -2.37. The van der Waals surface area contributed by atoms with Crippen LogP contribution in [-0.4, -0.2) is 63.9 Å². The predicted molar refractivity (Wildman–Crippen MR) is 90.8 cm³/mol. The van der Waals surface area contributed by atoms with Crippen LogP contribution in [0, 0.1) is 5.92 Å². The Hall–Kier alpha value is -2.44. The van der Waals surface area contributed by atoms with Crippen molar-refractivity contribution in [3.63, 3.8) is 0 Å². The molecule has 6 nitrogen and oxygen atoms in total. The van der Waals surface area contributed by atoms with Gasteiger partial charge in [-0.3, -0.25) is 14.0 Å². The summed E-state index contributed by atoms with van der Waals surface area (Å²) in [5.74, 6) is -0.102. The highest BCUT2D eigenvalue weighted by Gasteiger charge is 2.36. The fraction of sp³-hybridized carbons (Fsp3) is 0.500. The van der Waals surface area contributed by atoms with Crippen LogP contribution in [0.15, 0.2) is 24.5 Å². The smallest absolute Gasteiger partial charge is 0.253 e. The second-order valence-corrected chi connectivity index (χ2v) is 6.93. The number of alkyl halides is 1. The summed E-state index contributed by atoms with van der Waals surface area (Å²) in [6, 6.07) is 5.59. The van der Waals surface area contributed by atoms with E-state index >= 15 is 0 Å². The molecule has 1 N–H and O–H groups in total. The van der Waals surface area contributed by atoms with Crippen LogP contribution in [0.1, 0.15) is 29.6 Å². The van der Waals surface area contributed by atoms with Gasteiger partial charge in [0.15, 0.2) is 0 Å². The fourth-order valence-electron chi connectivity index (χ4n) is 3.90. The van der Waals surface area contributed by atoms with E-state index in [1.807, 2.05) is 21.9 Å². The molecule has 4 rings (SSSR count). The maximum absolute atomic E-state index is 12.8. The summed E-state index contributed by atoms with van der Waals surface area (Å²) >= 11 is 0. The lowest BCUT2D eigenvalue weighted by atomic mass is 10.0. The number of aromatic nitrogens is 2. The summed E-state index contributed by atoms with van der Waals surface area (Å²) in [5, 5.41) is 0. The van der Waals surface area contributed by atoms with Gasteiger partial charge in [-0.2, -0.15) is 0 Å². The molecule has 0 saturated carbocycles. The molecule has 0 aliphatic carbocycles. The van der Waals surface area contributed by atoms with Gasteiger partial charge >= 0.3 is 0 Å². The molecule has 7 heteroatoms. The maximum Gasteiger partial charge on any atom is 0.253 e. The molecule has 2 aliphatic heterocycles. The van der Waals surface area contributed by atoms with Crippen molar-refractivity contribution in [2.45, 2.75) is 25.3 Å². The van der Waals surface area contributed by atoms with Crippen LogP contribution < -0.4 is 0 Å². The molecule has 1 aromatic carbocycles. The lowest BCUT2D eigenvalue weighted by molar-refractivity contribution is -0.130. The SMILES string of the molecule is O=C(c1ccc2nc[nH]c2c1)N1CCC(N2CC(CF)CC2=O)CC1. The van der Waals surface area contributed by atoms with Crippen molar-refractivity contribution >= 4 is 22.8 Å². The Morgan fingerprint density at radius 2 is 2.12 bits per heavy atom. The van der Waals surface area contributed by atoms with Gasteiger partial charge in [0.25, 0.3) is 5.91 Å². The largest absolute Gasteiger partial charge is 0.345 e. The molecule has 1 atom stereocenters. The number of likely N-dealkylation sites (tertiary alicyclic amines) is 2. The normalized spacial score (nSPS) is 22.1. The number of hydrogen-bond acceptors (Lipinski definition) is 3. The third kappa shape index (κ3) is 2.99. The van der Waals surface area contributed by atoms with Crippen LogP contribution in [-0.2, 0) is 4.79 Å². The molecule has 0 spiro atoms. The first kappa shape index (κ1) is 16.1. The Labute approximate surface area is 145 Å². The molecule has 25 heavy (non-hydrogen) atoms. The van der Waals surface area contributed by atoms with Crippen LogP contribution in [0.5, 0.6) is 0 Å². The van der Waals surface area contributed by atoms with Crippen molar-refractivity contribution in [2.75, 3.05) is 26.3 Å². The highest BCUT2D eigenvalue weighted by Crippen LogP contribution is 2.26. The summed E-state index contributed by atoms with van der Waals surface area (Å²) < 4.78 is 12.8. The minimum Gasteiger partial charge on any atom is -0.345 e. The van der Waals surface area contributed by atoms with Crippen LogP contribution in [0.25, 0.3) is 11.0 Å². The molecule has 3 heterocycles. The second kappa shape index (κ2) is 6.46. The third-order valence-corrected chi connectivity index (χ3v) is 5.32. The van der Waals surface area contributed by atoms with Crippen LogP contribution >= 0.6 is 0 Å². The summed E-state index contributed by atoms with van der Waals surface area (Å²) in [5.41, 5.74) is 2.33. The number of amides is 2. The highest BCUT2D eigenvalue weighted by atomic mass is 19.1. The van der Waals surface area contributed by atoms with Crippen molar-refractivity contribution < 1.29 is 14.0 Å². The molecule has 2 amide bonds. The molecule has 2 fully saturated rings. The van der Waals surface area contributed by atoms with E-state index in [0.717, 1.165) is 23.9 Å². The van der Waals surface area contributed by atoms with Crippen LogP contribution in [0.3, 0.4) is 0 Å². The van der Waals surface area contributed by atoms with Crippen molar-refractivity contribution in [1.82, 2.24) is 19.8 Å². The minimum absolute atomic E-state index is 0.00401. The molecule has 2 aliphatic rings. The Kier molecular flexibility index (Phi) is 4.15. The number of rotatable bonds is 3. The van der Waals surface area contributed by atoms with Gasteiger partial charge in [0.1, 0.15) is 0 Å². The molecular formula is C18H21FN4O2. The first-order chi connectivity index (χ1) is 12.2. The molecule has 0 radical (unpaired) electrons. The Bertz CT molecular complexity index is 797. The van der Waals surface area contributed by atoms with E-state index in [9.17, 15) is 14.0 Å². The number of H-pyrrole nitrogens is 1. The van der Waals surface area contributed by atoms with Crippen LogP contribution in [0.2, 0.25) is 0 Å². The topological polar surface area (TPSA) is 69.3 Å². The van der Waals surface area contributed by atoms with Gasteiger partial charge in [0.2, 0.25) is 5.91 Å². The van der Waals surface area contributed by atoms with Gasteiger partial charge in [-0.05, 0) is 31.0 Å². The number of carbonyl (C=O) groups excluding carboxylic acids is 2. The average Bonchev–Trinajstić information content (AvgIpc) is 3.26. The van der Waals surface area contributed by atoms with Gasteiger partial charge < -0.3 is 14.8 Å². The Balaban J connectivity index is 1.39. The van der Waals surface area contributed by atoms with E-state index in [4.69, 9.17) is 0 Å². The van der Waals surface area contributed by atoms with Gasteiger partial charge in [-0.25, -0.2) is 4.98 Å². The van der Waals surface area contributed by atoms with Crippen LogP contribution in [0.4, 0.5) is 4.39 Å². The minimum atomic E-state index is -0.435. The maximum atomic E-state index is 12.8. The first-order valence-corrected chi connectivity index (χ1v) is 8.73. The molecule has 1 unspecified atom stereocenters. The number of aromatic amines is 1. The molecule has 1 aromatic heterocycles. The Morgan fingerprint density at radius 3 is 2.84 bits per heavy atom. The summed E-state index contributed by atoms with van der Waals surface area (Å²) in [7, 11) is 0. The van der Waals surface area contributed by atoms with E-state index in [0.29, 0.717) is 31.6 Å². The quantitative estimate of drug-likeness (QED) is 0.926. The molecule has 0 bridgehead atoms. The standard InChI is InChI=1S/C18H21FN4O2/c19-9-12-7-17(24)23(10-12)14-3-5-22(6-4-14)18(25)13-1-2-15-16(8-13)21-11-20-15/h1-2,8,11-12,14H,3-7,9-10H2,(H,20,21). The van der Waals surface area contributed by atoms with E-state index in [1.165, 1.54) is 0 Å². The molecule has 2 aromatic rings. The third-order valence-electron chi connectivity index (χ3n) is 5.32. The van der Waals surface area contributed by atoms with E-state index in [2.05, 4.69) is 9.97 Å². The number of piperidine rings is 1. The van der Waals surface area contributed by atoms with Crippen molar-refractivity contribution in [3.8, 4) is 0 Å². The summed E-state index contributed by atoms with van der Waals surface area (Å²) in [6.07, 6.45) is 3.44. The van der Waals surface area contributed by atoms with Crippen molar-refractivity contribution in [3.05, 3.63) is 30.1 Å². The summed E-state index contributed by atoms with van der Waals surface area (Å²) in [4.78, 5) is 35.6. The van der Waals surface area contributed by atoms with Gasteiger partial charge in [0, 0.05) is 43.6 Å². The highest BCUT2D eigenvalue weighted by molar-refractivity contribution is 5.97. The zero-order chi connectivity index (χ0) is 17.4. The number of halogens is 1. The second-order valence-electron chi connectivity index (χ2n) is 6.93. The predicted octanol–water partition coefficient (Wildman–Crippen LogP) is 1.99. The van der Waals surface area contributed by atoms with E-state index in [1.54, 1.807) is 12.4 Å². The number of carbonyl (C=O) groups is 2. The first-order valence-electron chi connectivity index (χ1n) is 8.73. The van der Waals surface area contributed by atoms with Crippen molar-refractivity contribution in [2.24, 2.45) is 5.92 Å². The molecular weight excluding hydrogens is 323 g/mol. The number of benzene rings is 1. The van der Waals surface area contributed by atoms with Crippen molar-refractivity contribution in [1.29, 1.82) is 0 Å². The number of imidazole rings is 1. The van der Waals surface area contributed by atoms with Gasteiger partial charge in [0.05, 0.1) is 24.0 Å². The summed E-state index contributed by atoms with van der Waals surface area (Å²) in [6.45, 7) is 1.32.